The topological polar surface area (TPSA) is 38.8 Å². The number of amides is 1. The van der Waals surface area contributed by atoms with Crippen molar-refractivity contribution >= 4 is 12.0 Å². The molecule has 4 nitrogen and oxygen atoms in total. The second-order valence-corrected chi connectivity index (χ2v) is 5.35. The highest BCUT2D eigenvalue weighted by atomic mass is 16.5. The summed E-state index contributed by atoms with van der Waals surface area (Å²) in [4.78, 5) is 13.7. The van der Waals surface area contributed by atoms with E-state index in [1.165, 1.54) is 5.56 Å². The summed E-state index contributed by atoms with van der Waals surface area (Å²) in [6, 6.07) is 3.96. The van der Waals surface area contributed by atoms with E-state index < -0.39 is 0 Å². The average Bonchev–Trinajstić information content (AvgIpc) is 2.72. The normalized spacial score (nSPS) is 20.5. The van der Waals surface area contributed by atoms with Crippen LogP contribution in [0.25, 0.3) is 6.08 Å². The van der Waals surface area contributed by atoms with Crippen molar-refractivity contribution in [1.82, 2.24) is 4.90 Å². The monoisotopic (exact) mass is 273 g/mol. The van der Waals surface area contributed by atoms with Gasteiger partial charge in [0.25, 0.3) is 0 Å². The fraction of sp³-hybridized carbons (Fsp3) is 0.438. The zero-order chi connectivity index (χ0) is 14.1. The lowest BCUT2D eigenvalue weighted by Crippen LogP contribution is -2.40. The predicted molar refractivity (Wildman–Crippen MR) is 77.0 cm³/mol. The van der Waals surface area contributed by atoms with Gasteiger partial charge in [0.2, 0.25) is 5.91 Å². The molecule has 1 amide bonds. The molecule has 106 valence electrons. The Kier molecular flexibility index (Phi) is 3.38. The van der Waals surface area contributed by atoms with Crippen molar-refractivity contribution in [3.8, 4) is 11.5 Å². The maximum Gasteiger partial charge on any atom is 0.246 e. The first-order valence-corrected chi connectivity index (χ1v) is 7.02. The van der Waals surface area contributed by atoms with Gasteiger partial charge < -0.3 is 14.4 Å². The van der Waals surface area contributed by atoms with Crippen LogP contribution in [0.5, 0.6) is 11.5 Å². The molecule has 0 saturated carbocycles. The highest BCUT2D eigenvalue weighted by Gasteiger charge is 2.21. The van der Waals surface area contributed by atoms with Crippen LogP contribution in [0, 0.1) is 0 Å². The summed E-state index contributed by atoms with van der Waals surface area (Å²) in [5.74, 6) is 1.75. The van der Waals surface area contributed by atoms with Gasteiger partial charge in [-0.1, -0.05) is 0 Å². The Balaban J connectivity index is 1.83. The Morgan fingerprint density at radius 3 is 2.90 bits per heavy atom. The second kappa shape index (κ2) is 5.19. The molecule has 3 rings (SSSR count). The molecule has 0 aliphatic carbocycles. The van der Waals surface area contributed by atoms with E-state index in [1.807, 2.05) is 23.1 Å². The molecule has 1 aromatic rings. The summed E-state index contributed by atoms with van der Waals surface area (Å²) in [5.41, 5.74) is 2.05. The highest BCUT2D eigenvalue weighted by molar-refractivity contribution is 5.92. The van der Waals surface area contributed by atoms with Gasteiger partial charge in [0, 0.05) is 36.7 Å². The lowest BCUT2D eigenvalue weighted by molar-refractivity contribution is -0.129. The molecule has 1 fully saturated rings. The average molecular weight is 273 g/mol. The van der Waals surface area contributed by atoms with Crippen LogP contribution in [-0.2, 0) is 11.2 Å². The van der Waals surface area contributed by atoms with E-state index in [9.17, 15) is 4.79 Å². The van der Waals surface area contributed by atoms with Gasteiger partial charge in [0.05, 0.1) is 7.11 Å². The molecule has 0 aromatic heterocycles. The van der Waals surface area contributed by atoms with E-state index in [1.54, 1.807) is 13.2 Å². The molecule has 1 saturated heterocycles. The summed E-state index contributed by atoms with van der Waals surface area (Å²) >= 11 is 0. The van der Waals surface area contributed by atoms with Crippen molar-refractivity contribution in [2.75, 3.05) is 20.2 Å². The molecule has 4 heteroatoms. The molecule has 1 unspecified atom stereocenters. The van der Waals surface area contributed by atoms with Gasteiger partial charge in [0.1, 0.15) is 17.6 Å². The molecule has 2 heterocycles. The van der Waals surface area contributed by atoms with Crippen molar-refractivity contribution in [2.24, 2.45) is 0 Å². The van der Waals surface area contributed by atoms with E-state index in [0.29, 0.717) is 0 Å². The standard InChI is InChI=1S/C16H19NO3/c1-11-8-13-10-14(19-2)12(9-15(13)20-11)4-5-16(18)17-6-3-7-17/h4-5,9-11H,3,6-8H2,1-2H3/b5-4+. The minimum Gasteiger partial charge on any atom is -0.496 e. The molecule has 2 aliphatic rings. The summed E-state index contributed by atoms with van der Waals surface area (Å²) in [7, 11) is 1.65. The fourth-order valence-corrected chi connectivity index (χ4v) is 2.57. The number of nitrogens with zero attached hydrogens (tertiary/aromatic N) is 1. The van der Waals surface area contributed by atoms with Crippen LogP contribution in [0.15, 0.2) is 18.2 Å². The second-order valence-electron chi connectivity index (χ2n) is 5.35. The van der Waals surface area contributed by atoms with Crippen LogP contribution in [0.3, 0.4) is 0 Å². The van der Waals surface area contributed by atoms with Crippen LogP contribution >= 0.6 is 0 Å². The minimum atomic E-state index is 0.0630. The summed E-state index contributed by atoms with van der Waals surface area (Å²) in [6.45, 7) is 3.78. The smallest absolute Gasteiger partial charge is 0.246 e. The Labute approximate surface area is 119 Å². The minimum absolute atomic E-state index is 0.0630. The summed E-state index contributed by atoms with van der Waals surface area (Å²) in [5, 5.41) is 0. The molecule has 1 aromatic carbocycles. The third-order valence-electron chi connectivity index (χ3n) is 3.82. The van der Waals surface area contributed by atoms with E-state index in [-0.39, 0.29) is 12.0 Å². The Hall–Kier alpha value is -1.97. The number of rotatable bonds is 3. The molecule has 0 radical (unpaired) electrons. The van der Waals surface area contributed by atoms with Crippen molar-refractivity contribution in [2.45, 2.75) is 25.9 Å². The van der Waals surface area contributed by atoms with Crippen molar-refractivity contribution < 1.29 is 14.3 Å². The number of hydrogen-bond acceptors (Lipinski definition) is 3. The Morgan fingerprint density at radius 1 is 1.45 bits per heavy atom. The number of benzene rings is 1. The lowest BCUT2D eigenvalue weighted by atomic mass is 10.1. The van der Waals surface area contributed by atoms with Gasteiger partial charge in [-0.25, -0.2) is 0 Å². The molecule has 1 atom stereocenters. The first-order valence-electron chi connectivity index (χ1n) is 7.02. The summed E-state index contributed by atoms with van der Waals surface area (Å²) < 4.78 is 11.2. The van der Waals surface area contributed by atoms with Crippen molar-refractivity contribution in [3.63, 3.8) is 0 Å². The Bertz CT molecular complexity index is 561. The number of methoxy groups -OCH3 is 1. The number of carbonyl (C=O) groups excluding carboxylic acids is 1. The fourth-order valence-electron chi connectivity index (χ4n) is 2.57. The highest BCUT2D eigenvalue weighted by Crippen LogP contribution is 2.35. The predicted octanol–water partition coefficient (Wildman–Crippen LogP) is 2.26. The summed E-state index contributed by atoms with van der Waals surface area (Å²) in [6.07, 6.45) is 5.64. The number of likely N-dealkylation sites (tertiary alicyclic amines) is 1. The zero-order valence-electron chi connectivity index (χ0n) is 11.9. The number of carbonyl (C=O) groups is 1. The van der Waals surface area contributed by atoms with E-state index in [0.717, 1.165) is 43.0 Å². The quantitative estimate of drug-likeness (QED) is 0.793. The van der Waals surface area contributed by atoms with Gasteiger partial charge >= 0.3 is 0 Å². The van der Waals surface area contributed by atoms with Gasteiger partial charge in [-0.15, -0.1) is 0 Å². The maximum atomic E-state index is 11.9. The molecular weight excluding hydrogens is 254 g/mol. The third kappa shape index (κ3) is 2.38. The lowest BCUT2D eigenvalue weighted by Gasteiger charge is -2.29. The molecular formula is C16H19NO3. The van der Waals surface area contributed by atoms with Crippen LogP contribution in [0.2, 0.25) is 0 Å². The molecule has 0 N–H and O–H groups in total. The molecule has 2 aliphatic heterocycles. The zero-order valence-corrected chi connectivity index (χ0v) is 11.9. The van der Waals surface area contributed by atoms with Gasteiger partial charge in [-0.2, -0.15) is 0 Å². The van der Waals surface area contributed by atoms with E-state index in [2.05, 4.69) is 6.92 Å². The first kappa shape index (κ1) is 13.0. The first-order chi connectivity index (χ1) is 9.67. The Morgan fingerprint density at radius 2 is 2.25 bits per heavy atom. The SMILES string of the molecule is COc1cc2c(cc1/C=C/C(=O)N1CCC1)OC(C)C2. The number of hydrogen-bond donors (Lipinski definition) is 0. The molecule has 0 spiro atoms. The molecule has 20 heavy (non-hydrogen) atoms. The third-order valence-corrected chi connectivity index (χ3v) is 3.82. The van der Waals surface area contributed by atoms with Gasteiger partial charge in [0.15, 0.2) is 0 Å². The van der Waals surface area contributed by atoms with E-state index in [4.69, 9.17) is 9.47 Å². The maximum absolute atomic E-state index is 11.9. The number of ether oxygens (including phenoxy) is 2. The molecule has 0 bridgehead atoms. The van der Waals surface area contributed by atoms with Gasteiger partial charge in [-0.3, -0.25) is 4.79 Å². The van der Waals surface area contributed by atoms with Crippen molar-refractivity contribution in [3.05, 3.63) is 29.3 Å². The van der Waals surface area contributed by atoms with Gasteiger partial charge in [-0.05, 0) is 31.6 Å². The van der Waals surface area contributed by atoms with E-state index >= 15 is 0 Å². The largest absolute Gasteiger partial charge is 0.496 e. The van der Waals surface area contributed by atoms with Crippen LogP contribution in [-0.4, -0.2) is 37.1 Å². The van der Waals surface area contributed by atoms with Crippen LogP contribution in [0.1, 0.15) is 24.5 Å². The number of fused-ring (bicyclic) bond motifs is 1. The van der Waals surface area contributed by atoms with Crippen molar-refractivity contribution in [1.29, 1.82) is 0 Å². The van der Waals surface area contributed by atoms with Crippen LogP contribution < -0.4 is 9.47 Å². The van der Waals surface area contributed by atoms with Crippen LogP contribution in [0.4, 0.5) is 0 Å².